The summed E-state index contributed by atoms with van der Waals surface area (Å²) in [5.41, 5.74) is 2.25. The number of aliphatic hydroxyl groups is 2. The molecule has 1 aliphatic heterocycles. The van der Waals surface area contributed by atoms with Crippen LogP contribution < -0.4 is 0 Å². The maximum atomic E-state index is 13.4. The second kappa shape index (κ2) is 12.3. The van der Waals surface area contributed by atoms with Gasteiger partial charge in [-0.15, -0.1) is 0 Å². The summed E-state index contributed by atoms with van der Waals surface area (Å²) in [4.78, 5) is 2.24. The molecule has 0 spiro atoms. The average Bonchev–Trinajstić information content (AvgIpc) is 3.14. The fourth-order valence-electron chi connectivity index (χ4n) is 8.03. The topological polar surface area (TPSA) is 63.9 Å². The van der Waals surface area contributed by atoms with Gasteiger partial charge in [-0.2, -0.15) is 0 Å². The fraction of sp³-hybridized carbons (Fsp3) is 0.156. The number of phenols is 1. The summed E-state index contributed by atoms with van der Waals surface area (Å²) in [6.45, 7) is 3.19. The Morgan fingerprint density at radius 1 is 0.592 bits per heavy atom. The first-order chi connectivity index (χ1) is 23.9. The standard InChI is InChI=1S/C45H39NO3/c1-31-28-34(30-46-27-26-42(46)44(48,35-18-4-2-5-19-35)36-20-6-3-7-21-36)43(47)41(29-31)45(49,39-24-12-16-32-14-8-10-22-37(32)39)40-25-13-17-33-15-9-11-23-38(33)40/h2-25,28-29,42,47-49H,26-27,30H2,1H3/t42-/m0/s1. The first-order valence-corrected chi connectivity index (χ1v) is 17.0. The summed E-state index contributed by atoms with van der Waals surface area (Å²) >= 11 is 0. The Labute approximate surface area is 287 Å². The summed E-state index contributed by atoms with van der Waals surface area (Å²) in [6, 6.07) is 51.6. The first kappa shape index (κ1) is 31.0. The van der Waals surface area contributed by atoms with E-state index in [2.05, 4.69) is 29.2 Å². The van der Waals surface area contributed by atoms with E-state index in [-0.39, 0.29) is 11.8 Å². The van der Waals surface area contributed by atoms with E-state index >= 15 is 0 Å². The SMILES string of the molecule is Cc1cc(CN2CC[C@H]2C(O)(c2ccccc2)c2ccccc2)c(O)c(C(O)(c2cccc3ccccc23)c2cccc3ccccc23)c1. The van der Waals surface area contributed by atoms with Crippen molar-refractivity contribution in [1.29, 1.82) is 0 Å². The highest BCUT2D eigenvalue weighted by molar-refractivity contribution is 5.92. The molecule has 0 amide bonds. The van der Waals surface area contributed by atoms with E-state index in [0.717, 1.165) is 51.2 Å². The minimum atomic E-state index is -1.68. The van der Waals surface area contributed by atoms with Gasteiger partial charge < -0.3 is 15.3 Å². The second-order valence-corrected chi connectivity index (χ2v) is 13.4. The minimum Gasteiger partial charge on any atom is -0.507 e. The predicted octanol–water partition coefficient (Wildman–Crippen LogP) is 8.80. The number of likely N-dealkylation sites (tertiary alicyclic amines) is 1. The van der Waals surface area contributed by atoms with Crippen LogP contribution in [-0.2, 0) is 17.7 Å². The molecule has 0 aromatic heterocycles. The van der Waals surface area contributed by atoms with Gasteiger partial charge in [0.25, 0.3) is 0 Å². The van der Waals surface area contributed by atoms with Gasteiger partial charge >= 0.3 is 0 Å². The van der Waals surface area contributed by atoms with Crippen molar-refractivity contribution in [2.75, 3.05) is 6.54 Å². The van der Waals surface area contributed by atoms with Crippen molar-refractivity contribution in [3.05, 3.63) is 197 Å². The minimum absolute atomic E-state index is 0.0579. The number of aromatic hydroxyl groups is 1. The van der Waals surface area contributed by atoms with Crippen LogP contribution in [0.25, 0.3) is 21.5 Å². The third-order valence-electron chi connectivity index (χ3n) is 10.5. The lowest BCUT2D eigenvalue weighted by Crippen LogP contribution is -2.59. The highest BCUT2D eigenvalue weighted by Gasteiger charge is 2.48. The van der Waals surface area contributed by atoms with Gasteiger partial charge in [-0.1, -0.05) is 157 Å². The third kappa shape index (κ3) is 5.12. The van der Waals surface area contributed by atoms with Crippen LogP contribution in [0.1, 0.15) is 45.4 Å². The van der Waals surface area contributed by atoms with Crippen molar-refractivity contribution in [1.82, 2.24) is 4.90 Å². The van der Waals surface area contributed by atoms with Crippen LogP contribution in [0.15, 0.2) is 158 Å². The summed E-state index contributed by atoms with van der Waals surface area (Å²) < 4.78 is 0. The van der Waals surface area contributed by atoms with E-state index < -0.39 is 11.2 Å². The molecule has 0 aliphatic carbocycles. The van der Waals surface area contributed by atoms with Gasteiger partial charge in [0.15, 0.2) is 0 Å². The largest absolute Gasteiger partial charge is 0.507 e. The monoisotopic (exact) mass is 641 g/mol. The van der Waals surface area contributed by atoms with Gasteiger partial charge in [0, 0.05) is 41.4 Å². The molecule has 0 saturated carbocycles. The maximum absolute atomic E-state index is 13.4. The molecule has 1 atom stereocenters. The van der Waals surface area contributed by atoms with Crippen molar-refractivity contribution in [2.24, 2.45) is 0 Å². The molecule has 1 saturated heterocycles. The van der Waals surface area contributed by atoms with Gasteiger partial charge in [-0.05, 0) is 52.1 Å². The number of hydrogen-bond acceptors (Lipinski definition) is 4. The molecular formula is C45H39NO3. The van der Waals surface area contributed by atoms with E-state index in [1.807, 2.05) is 140 Å². The molecule has 0 unspecified atom stereocenters. The normalized spacial score (nSPS) is 15.4. The molecule has 0 radical (unpaired) electrons. The highest BCUT2D eigenvalue weighted by atomic mass is 16.3. The van der Waals surface area contributed by atoms with Gasteiger partial charge in [0.2, 0.25) is 0 Å². The summed E-state index contributed by atoms with van der Waals surface area (Å²) in [5, 5.41) is 42.2. The van der Waals surface area contributed by atoms with E-state index in [9.17, 15) is 15.3 Å². The molecule has 242 valence electrons. The molecule has 7 aromatic carbocycles. The highest BCUT2D eigenvalue weighted by Crippen LogP contribution is 2.48. The maximum Gasteiger partial charge on any atom is 0.145 e. The van der Waals surface area contributed by atoms with Crippen molar-refractivity contribution < 1.29 is 15.3 Å². The lowest BCUT2D eigenvalue weighted by Gasteiger charge is -2.50. The van der Waals surface area contributed by atoms with Crippen LogP contribution in [0.2, 0.25) is 0 Å². The van der Waals surface area contributed by atoms with Crippen molar-refractivity contribution in [3.63, 3.8) is 0 Å². The zero-order valence-corrected chi connectivity index (χ0v) is 27.5. The molecule has 3 N–H and O–H groups in total. The Balaban J connectivity index is 1.28. The molecular weight excluding hydrogens is 602 g/mol. The van der Waals surface area contributed by atoms with E-state index in [1.165, 1.54) is 0 Å². The molecule has 49 heavy (non-hydrogen) atoms. The van der Waals surface area contributed by atoms with Crippen LogP contribution in [-0.4, -0.2) is 32.8 Å². The van der Waals surface area contributed by atoms with E-state index in [0.29, 0.717) is 28.8 Å². The molecule has 4 nitrogen and oxygen atoms in total. The van der Waals surface area contributed by atoms with Crippen LogP contribution >= 0.6 is 0 Å². The van der Waals surface area contributed by atoms with Gasteiger partial charge in [-0.25, -0.2) is 0 Å². The summed E-state index contributed by atoms with van der Waals surface area (Å²) in [5.74, 6) is 0.0579. The van der Waals surface area contributed by atoms with Gasteiger partial charge in [0.1, 0.15) is 17.0 Å². The van der Waals surface area contributed by atoms with Crippen molar-refractivity contribution in [2.45, 2.75) is 37.1 Å². The zero-order chi connectivity index (χ0) is 33.6. The molecule has 8 rings (SSSR count). The number of nitrogens with zero attached hydrogens (tertiary/aromatic N) is 1. The van der Waals surface area contributed by atoms with E-state index in [1.54, 1.807) is 0 Å². The lowest BCUT2D eigenvalue weighted by atomic mass is 9.74. The molecule has 4 heteroatoms. The van der Waals surface area contributed by atoms with Gasteiger partial charge in [-0.3, -0.25) is 4.90 Å². The quantitative estimate of drug-likeness (QED) is 0.145. The fourth-order valence-corrected chi connectivity index (χ4v) is 8.03. The Morgan fingerprint density at radius 3 is 1.59 bits per heavy atom. The third-order valence-corrected chi connectivity index (χ3v) is 10.5. The molecule has 1 aliphatic rings. The van der Waals surface area contributed by atoms with E-state index in [4.69, 9.17) is 0 Å². The Bertz CT molecular complexity index is 2150. The average molecular weight is 642 g/mol. The van der Waals surface area contributed by atoms with Crippen molar-refractivity contribution in [3.8, 4) is 5.75 Å². The number of phenolic OH excluding ortho intramolecular Hbond substituents is 1. The lowest BCUT2D eigenvalue weighted by molar-refractivity contribution is -0.0762. The number of rotatable bonds is 8. The summed E-state index contributed by atoms with van der Waals surface area (Å²) in [7, 11) is 0. The Kier molecular flexibility index (Phi) is 7.80. The van der Waals surface area contributed by atoms with Crippen LogP contribution in [0.4, 0.5) is 0 Å². The first-order valence-electron chi connectivity index (χ1n) is 17.0. The number of hydrogen-bond donors (Lipinski definition) is 3. The molecule has 7 aromatic rings. The molecule has 0 bridgehead atoms. The van der Waals surface area contributed by atoms with Crippen LogP contribution in [0.5, 0.6) is 5.75 Å². The molecule has 1 heterocycles. The second-order valence-electron chi connectivity index (χ2n) is 13.4. The van der Waals surface area contributed by atoms with Crippen LogP contribution in [0, 0.1) is 6.92 Å². The summed E-state index contributed by atoms with van der Waals surface area (Å²) in [6.07, 6.45) is 0.801. The van der Waals surface area contributed by atoms with Crippen LogP contribution in [0.3, 0.4) is 0 Å². The van der Waals surface area contributed by atoms with Gasteiger partial charge in [0.05, 0.1) is 0 Å². The predicted molar refractivity (Wildman–Crippen MR) is 198 cm³/mol. The number of aryl methyl sites for hydroxylation is 1. The number of fused-ring (bicyclic) bond motifs is 2. The molecule has 1 fully saturated rings. The smallest absolute Gasteiger partial charge is 0.145 e. The van der Waals surface area contributed by atoms with Crippen molar-refractivity contribution >= 4 is 21.5 Å². The zero-order valence-electron chi connectivity index (χ0n) is 27.5. The Morgan fingerprint density at radius 2 is 1.08 bits per heavy atom. The number of benzene rings is 7. The Hall–Kier alpha value is -5.26.